The maximum Gasteiger partial charge on any atom is 0.257 e. The van der Waals surface area contributed by atoms with Crippen molar-refractivity contribution in [2.24, 2.45) is 5.10 Å². The van der Waals surface area contributed by atoms with E-state index >= 15 is 0 Å². The Morgan fingerprint density at radius 2 is 2.00 bits per heavy atom. The summed E-state index contributed by atoms with van der Waals surface area (Å²) in [5.41, 5.74) is 2.66. The number of likely N-dealkylation sites (tertiary alicyclic amines) is 1. The van der Waals surface area contributed by atoms with Gasteiger partial charge in [0.15, 0.2) is 0 Å². The lowest BCUT2D eigenvalue weighted by atomic mass is 9.98. The third-order valence-electron chi connectivity index (χ3n) is 6.10. The number of carbonyl (C=O) groups excluding carboxylic acids is 1. The molecule has 2 aromatic rings. The minimum atomic E-state index is -0.286. The van der Waals surface area contributed by atoms with E-state index in [1.54, 1.807) is 24.3 Å². The molecule has 0 unspecified atom stereocenters. The highest BCUT2D eigenvalue weighted by Crippen LogP contribution is 2.34. The zero-order chi connectivity index (χ0) is 21.1. The van der Waals surface area contributed by atoms with Gasteiger partial charge in [0, 0.05) is 18.0 Å². The second-order valence-corrected chi connectivity index (χ2v) is 8.10. The van der Waals surface area contributed by atoms with E-state index in [0.29, 0.717) is 19.0 Å². The average molecular weight is 410 g/mol. The minimum Gasteiger partial charge on any atom is -0.497 e. The van der Waals surface area contributed by atoms with Crippen LogP contribution in [0.5, 0.6) is 5.75 Å². The maximum atomic E-state index is 13.5. The lowest BCUT2D eigenvalue weighted by Gasteiger charge is -2.34. The van der Waals surface area contributed by atoms with Crippen LogP contribution in [0.4, 0.5) is 4.39 Å². The fourth-order valence-corrected chi connectivity index (χ4v) is 4.30. The first-order valence-electron chi connectivity index (χ1n) is 10.6. The summed E-state index contributed by atoms with van der Waals surface area (Å²) in [4.78, 5) is 15.5. The first-order chi connectivity index (χ1) is 14.5. The molecule has 4 rings (SSSR count). The minimum absolute atomic E-state index is 0.0176. The van der Waals surface area contributed by atoms with E-state index in [4.69, 9.17) is 9.84 Å². The van der Waals surface area contributed by atoms with Crippen molar-refractivity contribution < 1.29 is 13.9 Å². The fraction of sp³-hybridized carbons (Fsp3) is 0.417. The highest BCUT2D eigenvalue weighted by atomic mass is 19.1. The normalized spacial score (nSPS) is 22.1. The molecule has 2 heterocycles. The number of rotatable bonds is 5. The molecule has 6 heteroatoms. The first kappa shape index (κ1) is 20.5. The molecule has 0 N–H and O–H groups in total. The molecule has 5 nitrogen and oxygen atoms in total. The number of halogens is 1. The van der Waals surface area contributed by atoms with Gasteiger partial charge >= 0.3 is 0 Å². The fourth-order valence-electron chi connectivity index (χ4n) is 4.30. The van der Waals surface area contributed by atoms with Crippen LogP contribution in [0.1, 0.15) is 49.8 Å². The number of carbonyl (C=O) groups is 1. The molecule has 0 radical (unpaired) electrons. The molecule has 0 saturated carbocycles. The molecule has 1 fully saturated rings. The number of ether oxygens (including phenoxy) is 1. The number of hydrogen-bond donors (Lipinski definition) is 0. The van der Waals surface area contributed by atoms with Crippen molar-refractivity contribution in [2.45, 2.75) is 44.7 Å². The largest absolute Gasteiger partial charge is 0.497 e. The molecule has 2 aliphatic heterocycles. The Kier molecular flexibility index (Phi) is 6.13. The average Bonchev–Trinajstić information content (AvgIpc) is 3.21. The van der Waals surface area contributed by atoms with Crippen molar-refractivity contribution in [3.05, 3.63) is 65.5 Å². The van der Waals surface area contributed by atoms with Crippen LogP contribution >= 0.6 is 0 Å². The SMILES string of the molecule is COc1cccc(C2=NN(C(=O)CN3CCCC[C@H]3C)[C@@H](c3ccc(F)cc3)C2)c1. The maximum absolute atomic E-state index is 13.5. The Morgan fingerprint density at radius 1 is 1.20 bits per heavy atom. The van der Waals surface area contributed by atoms with Crippen LogP contribution in [0, 0.1) is 5.82 Å². The van der Waals surface area contributed by atoms with Gasteiger partial charge in [-0.1, -0.05) is 30.7 Å². The molecule has 158 valence electrons. The van der Waals surface area contributed by atoms with Crippen molar-refractivity contribution >= 4 is 11.6 Å². The van der Waals surface area contributed by atoms with Crippen LogP contribution in [0.15, 0.2) is 53.6 Å². The third-order valence-corrected chi connectivity index (χ3v) is 6.10. The van der Waals surface area contributed by atoms with Crippen molar-refractivity contribution in [2.75, 3.05) is 20.2 Å². The van der Waals surface area contributed by atoms with E-state index in [1.807, 2.05) is 24.3 Å². The summed E-state index contributed by atoms with van der Waals surface area (Å²) in [6.07, 6.45) is 4.04. The number of benzene rings is 2. The van der Waals surface area contributed by atoms with Gasteiger partial charge in [-0.2, -0.15) is 5.10 Å². The summed E-state index contributed by atoms with van der Waals surface area (Å²) in [6.45, 7) is 3.47. The van der Waals surface area contributed by atoms with Gasteiger partial charge in [0.05, 0.1) is 25.4 Å². The molecule has 0 bridgehead atoms. The molecule has 30 heavy (non-hydrogen) atoms. The van der Waals surface area contributed by atoms with E-state index in [1.165, 1.54) is 18.6 Å². The van der Waals surface area contributed by atoms with Gasteiger partial charge < -0.3 is 4.74 Å². The van der Waals surface area contributed by atoms with Crippen LogP contribution in [-0.2, 0) is 4.79 Å². The highest BCUT2D eigenvalue weighted by molar-refractivity contribution is 6.03. The molecule has 2 atom stereocenters. The van der Waals surface area contributed by atoms with Crippen molar-refractivity contribution in [1.82, 2.24) is 9.91 Å². The van der Waals surface area contributed by atoms with Crippen LogP contribution in [0.25, 0.3) is 0 Å². The van der Waals surface area contributed by atoms with E-state index in [9.17, 15) is 9.18 Å². The molecular weight excluding hydrogens is 381 g/mol. The monoisotopic (exact) mass is 409 g/mol. The quantitative estimate of drug-likeness (QED) is 0.736. The zero-order valence-electron chi connectivity index (χ0n) is 17.6. The van der Waals surface area contributed by atoms with Gasteiger partial charge in [0.2, 0.25) is 0 Å². The Hall–Kier alpha value is -2.73. The standard InChI is InChI=1S/C24H28FN3O2/c1-17-6-3-4-13-27(17)16-24(29)28-23(18-9-11-20(25)12-10-18)15-22(26-28)19-7-5-8-21(14-19)30-2/h5,7-12,14,17,23H,3-4,6,13,15-16H2,1-2H3/t17-,23-/m1/s1. The Bertz CT molecular complexity index is 928. The van der Waals surface area contributed by atoms with E-state index < -0.39 is 0 Å². The molecule has 1 saturated heterocycles. The van der Waals surface area contributed by atoms with Crippen LogP contribution in [0.2, 0.25) is 0 Å². The van der Waals surface area contributed by atoms with Crippen LogP contribution in [0.3, 0.4) is 0 Å². The molecular formula is C24H28FN3O2. The van der Waals surface area contributed by atoms with E-state index in [-0.39, 0.29) is 17.8 Å². The summed E-state index contributed by atoms with van der Waals surface area (Å²) >= 11 is 0. The summed E-state index contributed by atoms with van der Waals surface area (Å²) in [6, 6.07) is 14.2. The number of methoxy groups -OCH3 is 1. The second kappa shape index (κ2) is 8.96. The highest BCUT2D eigenvalue weighted by Gasteiger charge is 2.34. The lowest BCUT2D eigenvalue weighted by Crippen LogP contribution is -2.44. The molecule has 0 aromatic heterocycles. The van der Waals surface area contributed by atoms with Gasteiger partial charge in [-0.3, -0.25) is 9.69 Å². The van der Waals surface area contributed by atoms with Crippen molar-refractivity contribution in [3.63, 3.8) is 0 Å². The number of hydrogen-bond acceptors (Lipinski definition) is 4. The molecule has 0 spiro atoms. The summed E-state index contributed by atoms with van der Waals surface area (Å²) in [5.74, 6) is 0.446. The van der Waals surface area contributed by atoms with Crippen molar-refractivity contribution in [3.8, 4) is 5.75 Å². The molecule has 2 aromatic carbocycles. The summed E-state index contributed by atoms with van der Waals surface area (Å²) in [5, 5.41) is 6.33. The van der Waals surface area contributed by atoms with Gasteiger partial charge in [-0.25, -0.2) is 9.40 Å². The van der Waals surface area contributed by atoms with Gasteiger partial charge in [0.1, 0.15) is 11.6 Å². The van der Waals surface area contributed by atoms with Gasteiger partial charge in [-0.05, 0) is 56.1 Å². The predicted molar refractivity (Wildman–Crippen MR) is 115 cm³/mol. The van der Waals surface area contributed by atoms with Crippen LogP contribution in [-0.4, -0.2) is 47.8 Å². The van der Waals surface area contributed by atoms with Gasteiger partial charge in [-0.15, -0.1) is 0 Å². The number of hydrazone groups is 1. The lowest BCUT2D eigenvalue weighted by molar-refractivity contribution is -0.135. The molecule has 0 aliphatic carbocycles. The van der Waals surface area contributed by atoms with E-state index in [0.717, 1.165) is 42.0 Å². The second-order valence-electron chi connectivity index (χ2n) is 8.10. The smallest absolute Gasteiger partial charge is 0.257 e. The number of piperidine rings is 1. The first-order valence-corrected chi connectivity index (χ1v) is 10.6. The zero-order valence-corrected chi connectivity index (χ0v) is 17.6. The summed E-state index contributed by atoms with van der Waals surface area (Å²) in [7, 11) is 1.63. The Labute approximate surface area is 177 Å². The Balaban J connectivity index is 1.61. The molecule has 1 amide bonds. The summed E-state index contributed by atoms with van der Waals surface area (Å²) < 4.78 is 18.8. The third kappa shape index (κ3) is 4.38. The van der Waals surface area contributed by atoms with E-state index in [2.05, 4.69) is 11.8 Å². The number of amides is 1. The van der Waals surface area contributed by atoms with Crippen LogP contribution < -0.4 is 4.74 Å². The predicted octanol–water partition coefficient (Wildman–Crippen LogP) is 4.39. The van der Waals surface area contributed by atoms with Gasteiger partial charge in [0.25, 0.3) is 5.91 Å². The topological polar surface area (TPSA) is 45.1 Å². The molecule has 2 aliphatic rings. The van der Waals surface area contributed by atoms with Crippen molar-refractivity contribution in [1.29, 1.82) is 0 Å². The number of nitrogens with zero attached hydrogens (tertiary/aromatic N) is 3. The Morgan fingerprint density at radius 3 is 2.73 bits per heavy atom.